The van der Waals surface area contributed by atoms with E-state index in [1.807, 2.05) is 42.2 Å². The lowest BCUT2D eigenvalue weighted by Gasteiger charge is -2.60. The number of aliphatic hydroxyl groups excluding tert-OH is 2. The number of unbranched alkanes of at least 4 members (excludes halogenated alkanes) is 2. The zero-order chi connectivity index (χ0) is 40.9. The maximum absolute atomic E-state index is 14.7. The van der Waals surface area contributed by atoms with Crippen molar-refractivity contribution in [2.45, 2.75) is 80.9 Å². The van der Waals surface area contributed by atoms with Gasteiger partial charge in [0.25, 0.3) is 5.91 Å². The summed E-state index contributed by atoms with van der Waals surface area (Å²) in [5, 5.41) is 33.9. The fourth-order valence-electron chi connectivity index (χ4n) is 9.18. The summed E-state index contributed by atoms with van der Waals surface area (Å²) in [7, 11) is 1.55. The van der Waals surface area contributed by atoms with E-state index < -0.39 is 17.7 Å². The molecule has 1 amide bonds. The predicted molar refractivity (Wildman–Crippen MR) is 227 cm³/mol. The van der Waals surface area contributed by atoms with Crippen molar-refractivity contribution in [1.29, 1.82) is 5.26 Å². The molecule has 3 aromatic rings. The molecule has 58 heavy (non-hydrogen) atoms. The van der Waals surface area contributed by atoms with E-state index in [-0.39, 0.29) is 43.5 Å². The van der Waals surface area contributed by atoms with Gasteiger partial charge in [0.15, 0.2) is 0 Å². The Bertz CT molecular complexity index is 1930. The second kappa shape index (κ2) is 20.9. The first-order chi connectivity index (χ1) is 28.4. The summed E-state index contributed by atoms with van der Waals surface area (Å²) < 4.78 is 20.8. The number of ether oxygens (including phenoxy) is 3. The number of oxime groups is 1. The summed E-state index contributed by atoms with van der Waals surface area (Å²) in [6, 6.07) is 24.6. The zero-order valence-corrected chi connectivity index (χ0v) is 34.6. The van der Waals surface area contributed by atoms with Gasteiger partial charge in [0.2, 0.25) is 5.79 Å². The highest BCUT2D eigenvalue weighted by Crippen LogP contribution is 2.62. The van der Waals surface area contributed by atoms with E-state index in [0.717, 1.165) is 54.0 Å². The van der Waals surface area contributed by atoms with Gasteiger partial charge in [0, 0.05) is 53.9 Å². The quantitative estimate of drug-likeness (QED) is 0.0470. The summed E-state index contributed by atoms with van der Waals surface area (Å²) in [5.41, 5.74) is 3.68. The van der Waals surface area contributed by atoms with Crippen molar-refractivity contribution in [2.75, 3.05) is 45.8 Å². The van der Waals surface area contributed by atoms with Gasteiger partial charge in [0.1, 0.15) is 24.7 Å². The number of fused-ring (bicyclic) bond motifs is 2. The topological polar surface area (TPSA) is 134 Å². The summed E-state index contributed by atoms with van der Waals surface area (Å²) >= 11 is 1.75. The molecule has 2 aliphatic carbocycles. The smallest absolute Gasteiger partial charge is 0.254 e. The van der Waals surface area contributed by atoms with Gasteiger partial charge in [-0.2, -0.15) is 5.26 Å². The standard InChI is InChI=1S/C47H57N3O7S/c1-4-23-50(46(53)34-19-17-33(32-48)18-20-34)43-31-41(49-54-3)39-29-35(13-9-11-24-51)38(16-10-12-25-52)44-40-30-36(55-27-28-58-37-14-7-6-8-15-37)21-22-42(40)57-47(43,45(39)44)56-26-5-2/h5-8,14-15,17-22,29-30,35,38,43-45,51-52H,2,4,9-13,16,23-28,31H2,1,3H3/t35-,38+,43-,44+,45+,47+/m0/s1. The summed E-state index contributed by atoms with van der Waals surface area (Å²) in [4.78, 5) is 23.4. The van der Waals surface area contributed by atoms with Crippen LogP contribution in [0.15, 0.2) is 107 Å². The second-order valence-electron chi connectivity index (χ2n) is 15.2. The molecule has 0 unspecified atom stereocenters. The first kappa shape index (κ1) is 43.0. The van der Waals surface area contributed by atoms with Crippen LogP contribution in [0.1, 0.15) is 85.7 Å². The number of hydrogen-bond acceptors (Lipinski definition) is 10. The Hall–Kier alpha value is -4.60. The van der Waals surface area contributed by atoms with Crippen LogP contribution < -0.4 is 9.47 Å². The monoisotopic (exact) mass is 807 g/mol. The van der Waals surface area contributed by atoms with E-state index in [1.165, 1.54) is 4.90 Å². The number of carbonyl (C=O) groups excluding carboxylic acids is 1. The number of nitriles is 1. The second-order valence-corrected chi connectivity index (χ2v) is 16.3. The maximum Gasteiger partial charge on any atom is 0.254 e. The molecule has 0 saturated heterocycles. The molecule has 1 aliphatic heterocycles. The van der Waals surface area contributed by atoms with Crippen LogP contribution in [-0.4, -0.2) is 84.4 Å². The van der Waals surface area contributed by atoms with E-state index in [9.17, 15) is 20.3 Å². The van der Waals surface area contributed by atoms with Crippen molar-refractivity contribution in [3.63, 3.8) is 0 Å². The first-order valence-electron chi connectivity index (χ1n) is 20.7. The Morgan fingerprint density at radius 2 is 1.83 bits per heavy atom. The van der Waals surface area contributed by atoms with Gasteiger partial charge in [-0.05, 0) is 104 Å². The van der Waals surface area contributed by atoms with Crippen molar-refractivity contribution < 1.29 is 34.1 Å². The predicted octanol–water partition coefficient (Wildman–Crippen LogP) is 8.55. The highest BCUT2D eigenvalue weighted by molar-refractivity contribution is 7.99. The minimum atomic E-state index is -1.35. The Kier molecular flexibility index (Phi) is 15.5. The van der Waals surface area contributed by atoms with Crippen molar-refractivity contribution in [3.05, 3.63) is 114 Å². The lowest BCUT2D eigenvalue weighted by molar-refractivity contribution is -0.254. The molecule has 10 nitrogen and oxygen atoms in total. The molecule has 0 spiro atoms. The molecule has 0 bridgehead atoms. The highest BCUT2D eigenvalue weighted by atomic mass is 32.2. The van der Waals surface area contributed by atoms with Crippen LogP contribution in [0.2, 0.25) is 0 Å². The molecular weight excluding hydrogens is 751 g/mol. The average molecular weight is 808 g/mol. The van der Waals surface area contributed by atoms with E-state index in [0.29, 0.717) is 55.7 Å². The van der Waals surface area contributed by atoms with Gasteiger partial charge in [-0.3, -0.25) is 4.79 Å². The molecule has 1 fully saturated rings. The van der Waals surface area contributed by atoms with Gasteiger partial charge in [-0.25, -0.2) is 0 Å². The van der Waals surface area contributed by atoms with Crippen molar-refractivity contribution >= 4 is 23.4 Å². The average Bonchev–Trinajstić information content (AvgIpc) is 3.25. The largest absolute Gasteiger partial charge is 0.493 e. The Morgan fingerprint density at radius 3 is 2.52 bits per heavy atom. The molecule has 0 aromatic heterocycles. The zero-order valence-electron chi connectivity index (χ0n) is 33.8. The molecule has 11 heteroatoms. The van der Waals surface area contributed by atoms with Crippen LogP contribution in [0.5, 0.6) is 11.5 Å². The van der Waals surface area contributed by atoms with Gasteiger partial charge in [-0.15, -0.1) is 18.3 Å². The molecule has 2 N–H and O–H groups in total. The summed E-state index contributed by atoms with van der Waals surface area (Å²) in [6.45, 7) is 7.43. The normalized spacial score (nSPS) is 23.7. The number of aliphatic hydroxyl groups is 2. The number of rotatable bonds is 21. The molecule has 308 valence electrons. The van der Waals surface area contributed by atoms with Crippen molar-refractivity contribution in [3.8, 4) is 17.6 Å². The minimum Gasteiger partial charge on any atom is -0.493 e. The van der Waals surface area contributed by atoms with Gasteiger partial charge in [-0.1, -0.05) is 55.3 Å². The molecule has 6 atom stereocenters. The third-order valence-electron chi connectivity index (χ3n) is 11.6. The molecule has 3 aromatic carbocycles. The molecule has 0 radical (unpaired) electrons. The van der Waals surface area contributed by atoms with Gasteiger partial charge in [0.05, 0.1) is 36.5 Å². The number of thioether (sulfide) groups is 1. The fraction of sp³-hybridized carbons (Fsp3) is 0.468. The third kappa shape index (κ3) is 9.47. The Morgan fingerprint density at radius 1 is 1.07 bits per heavy atom. The lowest BCUT2D eigenvalue weighted by atomic mass is 9.55. The molecule has 6 rings (SSSR count). The van der Waals surface area contributed by atoms with Crippen LogP contribution in [0.3, 0.4) is 0 Å². The molecular formula is C47H57N3O7S. The van der Waals surface area contributed by atoms with Crippen molar-refractivity contribution in [2.24, 2.45) is 22.9 Å². The number of benzene rings is 3. The SMILES string of the molecule is C=CCO[C@@]12Oc3ccc(OCCSc4ccccc4)cc3[C@H]3[C@H](CCCCO)[C@@H](CCCCO)C=C(C(=NOC)C[C@@H]1N(CCC)C(=O)c1ccc(C#N)cc1)[C@H]32. The number of amides is 1. The van der Waals surface area contributed by atoms with E-state index in [2.05, 4.69) is 42.1 Å². The fourth-order valence-corrected chi connectivity index (χ4v) is 9.93. The highest BCUT2D eigenvalue weighted by Gasteiger charge is 2.65. The van der Waals surface area contributed by atoms with Crippen LogP contribution in [0, 0.1) is 29.1 Å². The van der Waals surface area contributed by atoms with Crippen LogP contribution in [0.25, 0.3) is 0 Å². The number of carbonyl (C=O) groups is 1. The summed E-state index contributed by atoms with van der Waals surface area (Å²) in [5.74, 6) is 0.354. The Labute approximate surface area is 347 Å². The molecule has 3 aliphatic rings. The van der Waals surface area contributed by atoms with Crippen LogP contribution >= 0.6 is 11.8 Å². The Balaban J connectivity index is 1.50. The van der Waals surface area contributed by atoms with E-state index in [4.69, 9.17) is 19.0 Å². The van der Waals surface area contributed by atoms with Crippen LogP contribution in [-0.2, 0) is 9.57 Å². The minimum absolute atomic E-state index is 0.105. The third-order valence-corrected chi connectivity index (χ3v) is 12.5. The maximum atomic E-state index is 14.7. The number of allylic oxidation sites excluding steroid dienone is 1. The lowest BCUT2D eigenvalue weighted by Crippen LogP contribution is -2.70. The van der Waals surface area contributed by atoms with Crippen LogP contribution in [0.4, 0.5) is 0 Å². The van der Waals surface area contributed by atoms with Gasteiger partial charge < -0.3 is 34.2 Å². The van der Waals surface area contributed by atoms with E-state index in [1.54, 1.807) is 49.2 Å². The van der Waals surface area contributed by atoms with Crippen molar-refractivity contribution in [1.82, 2.24) is 4.90 Å². The van der Waals surface area contributed by atoms with E-state index >= 15 is 0 Å². The first-order valence-corrected chi connectivity index (χ1v) is 21.6. The number of nitrogens with zero attached hydrogens (tertiary/aromatic N) is 3. The molecule has 1 saturated carbocycles. The number of hydrogen-bond donors (Lipinski definition) is 2. The van der Waals surface area contributed by atoms with Gasteiger partial charge >= 0.3 is 0 Å². The molecule has 1 heterocycles. The summed E-state index contributed by atoms with van der Waals surface area (Å²) in [6.07, 6.45) is 9.82.